The largest absolute Gasteiger partial charge is 0.465 e. The van der Waals surface area contributed by atoms with Crippen LogP contribution in [-0.2, 0) is 11.2 Å². The van der Waals surface area contributed by atoms with Crippen LogP contribution in [0, 0.1) is 0 Å². The molecule has 2 aromatic rings. The van der Waals surface area contributed by atoms with Gasteiger partial charge in [-0.15, -0.1) is 0 Å². The average Bonchev–Trinajstić information content (AvgIpc) is 2.70. The Bertz CT molecular complexity index is 1210. The Kier molecular flexibility index (Phi) is 3.71. The van der Waals surface area contributed by atoms with E-state index in [9.17, 15) is 0 Å². The van der Waals surface area contributed by atoms with Crippen molar-refractivity contribution in [3.05, 3.63) is 11.1 Å². The van der Waals surface area contributed by atoms with E-state index in [1.807, 2.05) is 0 Å². The lowest BCUT2D eigenvalue weighted by Crippen LogP contribution is -2.91. The highest BCUT2D eigenvalue weighted by Crippen LogP contribution is 2.63. The smallest absolute Gasteiger partial charge is 0.237 e. The highest BCUT2D eigenvalue weighted by Gasteiger charge is 2.75. The fourth-order valence-electron chi connectivity index (χ4n) is 4.54. The lowest BCUT2D eigenvalue weighted by Gasteiger charge is -2.63. The normalized spacial score (nSPS) is 29.8. The maximum atomic E-state index is 6.91. The second-order valence-corrected chi connectivity index (χ2v) is 8.44. The van der Waals surface area contributed by atoms with E-state index >= 15 is 0 Å². The first-order valence-corrected chi connectivity index (χ1v) is 9.32. The highest BCUT2D eigenvalue weighted by atomic mass is 16.6. The molecule has 0 fully saturated rings. The number of nitrogen functional groups attached to an aromatic ring is 8. The van der Waals surface area contributed by atoms with Crippen LogP contribution in [0.25, 0.3) is 0 Å². The number of benzene rings is 2. The Morgan fingerprint density at radius 3 is 1.34 bits per heavy atom. The summed E-state index contributed by atoms with van der Waals surface area (Å²) in [7, 11) is 0. The van der Waals surface area contributed by atoms with E-state index in [-0.39, 0.29) is 68.1 Å². The molecule has 2 aliphatic rings. The van der Waals surface area contributed by atoms with Gasteiger partial charge in [0, 0.05) is 0 Å². The van der Waals surface area contributed by atoms with Gasteiger partial charge in [0.1, 0.15) is 22.6 Å². The molecule has 4 rings (SSSR count). The van der Waals surface area contributed by atoms with Crippen molar-refractivity contribution in [3.63, 3.8) is 0 Å². The monoisotopic (exact) mass is 447 g/mol. The molecule has 2 aliphatic heterocycles. The molecule has 0 aromatic heterocycles. The van der Waals surface area contributed by atoms with Crippen molar-refractivity contribution in [2.75, 3.05) is 45.9 Å². The van der Waals surface area contributed by atoms with Crippen molar-refractivity contribution in [3.8, 4) is 11.5 Å². The van der Waals surface area contributed by atoms with Gasteiger partial charge in [0.05, 0.1) is 45.3 Å². The Morgan fingerprint density at radius 2 is 0.875 bits per heavy atom. The number of fused-ring (bicyclic) bond motifs is 4. The number of hydrogen-bond acceptors (Lipinski definition) is 15. The zero-order valence-corrected chi connectivity index (χ0v) is 17.3. The second kappa shape index (κ2) is 5.53. The van der Waals surface area contributed by atoms with Gasteiger partial charge in [-0.05, 0) is 6.92 Å². The quantitative estimate of drug-likeness (QED) is 0.137. The molecule has 0 saturated carbocycles. The number of anilines is 8. The zero-order chi connectivity index (χ0) is 24.3. The summed E-state index contributed by atoms with van der Waals surface area (Å²) < 4.78 is 12.0. The lowest BCUT2D eigenvalue weighted by molar-refractivity contribution is -0.192. The second-order valence-electron chi connectivity index (χ2n) is 8.44. The van der Waals surface area contributed by atoms with E-state index in [1.54, 1.807) is 0 Å². The zero-order valence-electron chi connectivity index (χ0n) is 17.3. The van der Waals surface area contributed by atoms with Crippen molar-refractivity contribution < 1.29 is 9.47 Å². The van der Waals surface area contributed by atoms with Crippen molar-refractivity contribution in [2.24, 2.45) is 28.7 Å². The van der Waals surface area contributed by atoms with E-state index in [1.165, 1.54) is 6.92 Å². The molecule has 3 atom stereocenters. The van der Waals surface area contributed by atoms with Gasteiger partial charge >= 0.3 is 0 Å². The van der Waals surface area contributed by atoms with Crippen molar-refractivity contribution >= 4 is 45.5 Å². The SMILES string of the molecule is CC1(N)Oc2c(N)c(N)c(N)c(N)c2C2(N)C(N)(N)c3c(N)c(N)c(N)c(N)c3OC12N. The summed E-state index contributed by atoms with van der Waals surface area (Å²) in [5.41, 5.74) is 72.9. The summed E-state index contributed by atoms with van der Waals surface area (Å²) >= 11 is 0. The van der Waals surface area contributed by atoms with Gasteiger partial charge in [-0.2, -0.15) is 0 Å². The molecule has 15 heteroatoms. The predicted molar refractivity (Wildman–Crippen MR) is 125 cm³/mol. The van der Waals surface area contributed by atoms with Crippen LogP contribution in [-0.4, -0.2) is 11.4 Å². The van der Waals surface area contributed by atoms with Crippen LogP contribution < -0.4 is 84.0 Å². The Morgan fingerprint density at radius 1 is 0.500 bits per heavy atom. The van der Waals surface area contributed by atoms with Gasteiger partial charge in [0.15, 0.2) is 11.5 Å². The number of hydrogen-bond donors (Lipinski definition) is 13. The van der Waals surface area contributed by atoms with Crippen molar-refractivity contribution in [2.45, 2.75) is 29.6 Å². The fourth-order valence-corrected chi connectivity index (χ4v) is 4.54. The maximum Gasteiger partial charge on any atom is 0.237 e. The standard InChI is InChI=1S/C17H29N13O2/c1-14(26)17(30)15(27,2-4(18)6(20)8(22)10(24)12(2)31-14)16(28,29)3-5(19)7(21)9(23)11(25)13(3)32-17/h18-30H2,1H3. The van der Waals surface area contributed by atoms with E-state index in [4.69, 9.17) is 84.0 Å². The third-order valence-corrected chi connectivity index (χ3v) is 6.58. The molecule has 15 nitrogen and oxygen atoms in total. The Hall–Kier alpha value is -3.76. The molecule has 0 bridgehead atoms. The summed E-state index contributed by atoms with van der Waals surface area (Å²) in [4.78, 5) is 0. The summed E-state index contributed by atoms with van der Waals surface area (Å²) in [6.07, 6.45) is 0. The summed E-state index contributed by atoms with van der Waals surface area (Å²) in [6, 6.07) is 0. The molecule has 32 heavy (non-hydrogen) atoms. The first kappa shape index (κ1) is 21.5. The average molecular weight is 448 g/mol. The minimum atomic E-state index is -2.21. The van der Waals surface area contributed by atoms with Gasteiger partial charge in [-0.1, -0.05) is 0 Å². The topological polar surface area (TPSA) is 357 Å². The van der Waals surface area contributed by atoms with E-state index in [0.29, 0.717) is 0 Å². The molecule has 174 valence electrons. The van der Waals surface area contributed by atoms with Crippen LogP contribution >= 0.6 is 0 Å². The molecule has 2 aromatic carbocycles. The van der Waals surface area contributed by atoms with Crippen LogP contribution in [0.3, 0.4) is 0 Å². The van der Waals surface area contributed by atoms with Crippen LogP contribution in [0.4, 0.5) is 45.5 Å². The van der Waals surface area contributed by atoms with E-state index < -0.39 is 22.7 Å². The molecule has 0 aliphatic carbocycles. The Labute approximate surface area is 182 Å². The maximum absolute atomic E-state index is 6.91. The molecular formula is C17H29N13O2. The minimum absolute atomic E-state index is 0.0530. The third kappa shape index (κ3) is 1.92. The van der Waals surface area contributed by atoms with E-state index in [2.05, 4.69) is 0 Å². The van der Waals surface area contributed by atoms with Crippen LogP contribution in [0.2, 0.25) is 0 Å². The van der Waals surface area contributed by atoms with Gasteiger partial charge in [-0.25, -0.2) is 0 Å². The molecule has 0 radical (unpaired) electrons. The molecule has 3 unspecified atom stereocenters. The van der Waals surface area contributed by atoms with Crippen LogP contribution in [0.1, 0.15) is 18.1 Å². The molecule has 2 heterocycles. The first-order chi connectivity index (χ1) is 14.5. The first-order valence-electron chi connectivity index (χ1n) is 9.32. The summed E-state index contributed by atoms with van der Waals surface area (Å²) in [5.74, 6) is -0.258. The molecule has 0 amide bonds. The van der Waals surface area contributed by atoms with Crippen LogP contribution in [0.15, 0.2) is 0 Å². The van der Waals surface area contributed by atoms with Gasteiger partial charge in [0.25, 0.3) is 0 Å². The number of rotatable bonds is 0. The Balaban J connectivity index is 2.25. The third-order valence-electron chi connectivity index (χ3n) is 6.58. The van der Waals surface area contributed by atoms with E-state index in [0.717, 1.165) is 0 Å². The molecule has 0 saturated heterocycles. The fraction of sp³-hybridized carbons (Fsp3) is 0.294. The van der Waals surface area contributed by atoms with Crippen LogP contribution in [0.5, 0.6) is 11.5 Å². The number of ether oxygens (including phenoxy) is 2. The highest BCUT2D eigenvalue weighted by molar-refractivity contribution is 5.97. The summed E-state index contributed by atoms with van der Waals surface area (Å²) in [6.45, 7) is 1.38. The minimum Gasteiger partial charge on any atom is -0.465 e. The molecule has 26 N–H and O–H groups in total. The number of nitrogens with two attached hydrogens (primary N) is 13. The van der Waals surface area contributed by atoms with Gasteiger partial charge in [0.2, 0.25) is 11.4 Å². The van der Waals surface area contributed by atoms with Crippen molar-refractivity contribution in [1.82, 2.24) is 0 Å². The molecular weight excluding hydrogens is 418 g/mol. The molecule has 0 spiro atoms. The van der Waals surface area contributed by atoms with Gasteiger partial charge in [-0.3, -0.25) is 11.5 Å². The predicted octanol–water partition coefficient (Wildman–Crippen LogP) is -3.62. The summed E-state index contributed by atoms with van der Waals surface area (Å²) in [5, 5.41) is 0. The lowest BCUT2D eigenvalue weighted by atomic mass is 9.61. The van der Waals surface area contributed by atoms with Crippen molar-refractivity contribution in [1.29, 1.82) is 0 Å². The van der Waals surface area contributed by atoms with Gasteiger partial charge < -0.3 is 72.5 Å².